The quantitative estimate of drug-likeness (QED) is 0.439. The standard InChI is InChI=1S/C24H22ClN5O4/c25-18-9-4-10-19(21(18)23(33)29-11-5-8-17(29)13-31)34-14-16-12-20(32)30-24(26-16)27-22(28-30)15-6-2-1-3-7-15/h1-4,6-7,9-10,12,17,31H,5,8,11,13-14H2,(H,26,27,28)/t17-/m0/s1. The van der Waals surface area contributed by atoms with E-state index in [0.29, 0.717) is 18.1 Å². The Morgan fingerprint density at radius 2 is 2.00 bits per heavy atom. The lowest BCUT2D eigenvalue weighted by atomic mass is 10.1. The molecule has 5 rings (SSSR count). The summed E-state index contributed by atoms with van der Waals surface area (Å²) in [5.41, 5.74) is 1.09. The summed E-state index contributed by atoms with van der Waals surface area (Å²) in [5.74, 6) is 0.737. The number of carbonyl (C=O) groups excluding carboxylic acids is 1. The van der Waals surface area contributed by atoms with Crippen LogP contribution < -0.4 is 10.3 Å². The predicted octanol–water partition coefficient (Wildman–Crippen LogP) is 2.91. The van der Waals surface area contributed by atoms with Gasteiger partial charge in [-0.3, -0.25) is 14.7 Å². The Kier molecular flexibility index (Phi) is 6.04. The lowest BCUT2D eigenvalue weighted by Crippen LogP contribution is -2.38. The summed E-state index contributed by atoms with van der Waals surface area (Å²) in [6.45, 7) is 0.394. The van der Waals surface area contributed by atoms with Crippen LogP contribution in [0.5, 0.6) is 5.75 Å². The lowest BCUT2D eigenvalue weighted by Gasteiger charge is -2.24. The van der Waals surface area contributed by atoms with Crippen molar-refractivity contribution in [3.05, 3.63) is 81.2 Å². The van der Waals surface area contributed by atoms with Crippen molar-refractivity contribution in [1.82, 2.24) is 24.5 Å². The molecular formula is C24H22ClN5O4. The third-order valence-corrected chi connectivity index (χ3v) is 6.16. The van der Waals surface area contributed by atoms with Crippen LogP contribution in [0.25, 0.3) is 17.2 Å². The summed E-state index contributed by atoms with van der Waals surface area (Å²) in [4.78, 5) is 36.3. The summed E-state index contributed by atoms with van der Waals surface area (Å²) in [6.07, 6.45) is 1.56. The van der Waals surface area contributed by atoms with Gasteiger partial charge in [0.05, 0.1) is 23.4 Å². The fourth-order valence-corrected chi connectivity index (χ4v) is 4.39. The van der Waals surface area contributed by atoms with Crippen molar-refractivity contribution < 1.29 is 14.6 Å². The number of halogens is 1. The van der Waals surface area contributed by atoms with Gasteiger partial charge in [-0.05, 0) is 25.0 Å². The van der Waals surface area contributed by atoms with Crippen LogP contribution in [-0.2, 0) is 6.61 Å². The van der Waals surface area contributed by atoms with Gasteiger partial charge < -0.3 is 14.7 Å². The highest BCUT2D eigenvalue weighted by Crippen LogP contribution is 2.31. The lowest BCUT2D eigenvalue weighted by molar-refractivity contribution is 0.0673. The number of rotatable bonds is 6. The number of ether oxygens (including phenoxy) is 1. The molecule has 2 N–H and O–H groups in total. The average Bonchev–Trinajstić information content (AvgIpc) is 3.50. The molecule has 4 aromatic rings. The molecule has 1 aliphatic heterocycles. The van der Waals surface area contributed by atoms with Crippen LogP contribution in [0.2, 0.25) is 5.02 Å². The van der Waals surface area contributed by atoms with E-state index in [4.69, 9.17) is 16.3 Å². The van der Waals surface area contributed by atoms with Gasteiger partial charge in [0.25, 0.3) is 17.2 Å². The summed E-state index contributed by atoms with van der Waals surface area (Å²) in [6, 6.07) is 15.5. The van der Waals surface area contributed by atoms with Crippen LogP contribution in [0, 0.1) is 0 Å². The number of H-pyrrole nitrogens is 1. The van der Waals surface area contributed by atoms with Crippen molar-refractivity contribution in [3.8, 4) is 17.1 Å². The zero-order valence-corrected chi connectivity index (χ0v) is 18.9. The molecule has 2 aromatic carbocycles. The Morgan fingerprint density at radius 1 is 1.18 bits per heavy atom. The van der Waals surface area contributed by atoms with Crippen molar-refractivity contribution in [2.45, 2.75) is 25.5 Å². The molecule has 0 aliphatic carbocycles. The maximum absolute atomic E-state index is 13.2. The Labute approximate surface area is 199 Å². The summed E-state index contributed by atoms with van der Waals surface area (Å²) < 4.78 is 7.17. The monoisotopic (exact) mass is 479 g/mol. The van der Waals surface area contributed by atoms with E-state index in [1.54, 1.807) is 23.1 Å². The molecule has 174 valence electrons. The smallest absolute Gasteiger partial charge is 0.274 e. The molecule has 3 heterocycles. The van der Waals surface area contributed by atoms with Gasteiger partial charge in [0.1, 0.15) is 17.9 Å². The number of nitrogens with one attached hydrogen (secondary N) is 1. The van der Waals surface area contributed by atoms with Gasteiger partial charge in [0.15, 0.2) is 5.82 Å². The van der Waals surface area contributed by atoms with E-state index < -0.39 is 0 Å². The normalized spacial score (nSPS) is 15.7. The van der Waals surface area contributed by atoms with Crippen LogP contribution in [0.15, 0.2) is 59.4 Å². The van der Waals surface area contributed by atoms with Crippen LogP contribution in [0.1, 0.15) is 28.9 Å². The van der Waals surface area contributed by atoms with Crippen molar-refractivity contribution in [1.29, 1.82) is 0 Å². The molecule has 1 atom stereocenters. The number of aliphatic hydroxyl groups is 1. The number of aromatic amines is 1. The Balaban J connectivity index is 1.41. The number of carbonyl (C=O) groups is 1. The van der Waals surface area contributed by atoms with Crippen molar-refractivity contribution in [2.75, 3.05) is 13.2 Å². The maximum atomic E-state index is 13.2. The number of hydrogen-bond acceptors (Lipinski definition) is 6. The zero-order chi connectivity index (χ0) is 23.7. The van der Waals surface area contributed by atoms with Gasteiger partial charge in [-0.1, -0.05) is 48.0 Å². The van der Waals surface area contributed by atoms with Crippen molar-refractivity contribution in [2.24, 2.45) is 0 Å². The van der Waals surface area contributed by atoms with E-state index in [2.05, 4.69) is 15.1 Å². The molecule has 34 heavy (non-hydrogen) atoms. The maximum Gasteiger partial charge on any atom is 0.274 e. The molecular weight excluding hydrogens is 458 g/mol. The van der Waals surface area contributed by atoms with Gasteiger partial charge in [-0.2, -0.15) is 9.50 Å². The highest BCUT2D eigenvalue weighted by Gasteiger charge is 2.31. The number of nitrogens with zero attached hydrogens (tertiary/aromatic N) is 4. The molecule has 0 saturated carbocycles. The third-order valence-electron chi connectivity index (χ3n) is 5.84. The van der Waals surface area contributed by atoms with Crippen molar-refractivity contribution in [3.63, 3.8) is 0 Å². The van der Waals surface area contributed by atoms with Gasteiger partial charge in [0, 0.05) is 18.2 Å². The minimum atomic E-state index is -0.330. The van der Waals surface area contributed by atoms with E-state index in [1.807, 2.05) is 30.3 Å². The largest absolute Gasteiger partial charge is 0.486 e. The number of benzene rings is 2. The molecule has 2 aromatic heterocycles. The van der Waals surface area contributed by atoms with Gasteiger partial charge >= 0.3 is 0 Å². The predicted molar refractivity (Wildman–Crippen MR) is 126 cm³/mol. The molecule has 10 heteroatoms. The topological polar surface area (TPSA) is 113 Å². The summed E-state index contributed by atoms with van der Waals surface area (Å²) in [5, 5.41) is 12.8. The Hall–Kier alpha value is -3.69. The first-order valence-electron chi connectivity index (χ1n) is 10.9. The van der Waals surface area contributed by atoms with E-state index in [9.17, 15) is 14.7 Å². The number of amides is 1. The van der Waals surface area contributed by atoms with E-state index in [0.717, 1.165) is 18.4 Å². The fraction of sp³-hybridized carbons (Fsp3) is 0.250. The number of likely N-dealkylation sites (tertiary alicyclic amines) is 1. The molecule has 1 fully saturated rings. The van der Waals surface area contributed by atoms with Crippen LogP contribution in [0.3, 0.4) is 0 Å². The van der Waals surface area contributed by atoms with E-state index in [1.165, 1.54) is 10.6 Å². The second kappa shape index (κ2) is 9.28. The van der Waals surface area contributed by atoms with Gasteiger partial charge in [-0.25, -0.2) is 4.98 Å². The highest BCUT2D eigenvalue weighted by atomic mass is 35.5. The Morgan fingerprint density at radius 3 is 2.79 bits per heavy atom. The molecule has 1 aliphatic rings. The minimum absolute atomic E-state index is 0.0523. The van der Waals surface area contributed by atoms with Gasteiger partial charge in [0.2, 0.25) is 0 Å². The molecule has 0 spiro atoms. The molecule has 0 unspecified atom stereocenters. The first-order valence-corrected chi connectivity index (χ1v) is 11.3. The van der Waals surface area contributed by atoms with Crippen LogP contribution in [0.4, 0.5) is 0 Å². The number of aliphatic hydroxyl groups excluding tert-OH is 1. The SMILES string of the molecule is O=C(c1c(Cl)cccc1OCc1cc(=O)n2[nH]c(-c3ccccc3)nc2n1)N1CCC[C@H]1CO. The molecule has 1 amide bonds. The average molecular weight is 480 g/mol. The number of aromatic nitrogens is 4. The second-order valence-corrected chi connectivity index (χ2v) is 8.45. The number of fused-ring (bicyclic) bond motifs is 1. The molecule has 1 saturated heterocycles. The minimum Gasteiger partial charge on any atom is -0.486 e. The van der Waals surface area contributed by atoms with Crippen LogP contribution >= 0.6 is 11.6 Å². The van der Waals surface area contributed by atoms with Gasteiger partial charge in [-0.15, -0.1) is 0 Å². The second-order valence-electron chi connectivity index (χ2n) is 8.04. The Bertz CT molecular complexity index is 1400. The van der Waals surface area contributed by atoms with E-state index in [-0.39, 0.29) is 52.8 Å². The molecule has 0 radical (unpaired) electrons. The fourth-order valence-electron chi connectivity index (χ4n) is 4.15. The summed E-state index contributed by atoms with van der Waals surface area (Å²) in [7, 11) is 0. The molecule has 9 nitrogen and oxygen atoms in total. The zero-order valence-electron chi connectivity index (χ0n) is 18.1. The summed E-state index contributed by atoms with van der Waals surface area (Å²) >= 11 is 6.37. The first kappa shape index (κ1) is 22.1. The van der Waals surface area contributed by atoms with Crippen molar-refractivity contribution >= 4 is 23.3 Å². The third kappa shape index (κ3) is 4.15. The first-order chi connectivity index (χ1) is 16.5. The number of hydrogen-bond donors (Lipinski definition) is 2. The van der Waals surface area contributed by atoms with Crippen LogP contribution in [-0.4, -0.2) is 54.7 Å². The van der Waals surface area contributed by atoms with E-state index >= 15 is 0 Å². The highest BCUT2D eigenvalue weighted by molar-refractivity contribution is 6.34. The molecule has 0 bridgehead atoms.